The van der Waals surface area contributed by atoms with Crippen LogP contribution >= 0.6 is 11.6 Å². The Kier molecular flexibility index (Phi) is 6.08. The Labute approximate surface area is 149 Å². The normalized spacial score (nSPS) is 12.2. The van der Waals surface area contributed by atoms with Crippen molar-refractivity contribution in [1.29, 1.82) is 0 Å². The van der Waals surface area contributed by atoms with Gasteiger partial charge in [0.25, 0.3) is 0 Å². The number of benzene rings is 2. The van der Waals surface area contributed by atoms with E-state index in [1.54, 1.807) is 0 Å². The Morgan fingerprint density at radius 2 is 1.54 bits per heavy atom. The summed E-state index contributed by atoms with van der Waals surface area (Å²) in [6.45, 7) is 1.03. The summed E-state index contributed by atoms with van der Waals surface area (Å²) in [6.07, 6.45) is 10.4. The molecule has 0 fully saturated rings. The van der Waals surface area contributed by atoms with Crippen molar-refractivity contribution in [2.75, 3.05) is 0 Å². The average Bonchev–Trinajstić information content (AvgIpc) is 3.13. The molecule has 1 atom stereocenters. The molecule has 2 aromatic carbocycles. The number of hydrogen-bond donors (Lipinski definition) is 0. The van der Waals surface area contributed by atoms with Gasteiger partial charge in [-0.15, -0.1) is 0 Å². The summed E-state index contributed by atoms with van der Waals surface area (Å²) >= 11 is 5.98. The monoisotopic (exact) mass is 338 g/mol. The van der Waals surface area contributed by atoms with Crippen molar-refractivity contribution in [1.82, 2.24) is 9.55 Å². The van der Waals surface area contributed by atoms with Gasteiger partial charge in [0.2, 0.25) is 0 Å². The molecule has 124 valence electrons. The highest BCUT2D eigenvalue weighted by Crippen LogP contribution is 2.19. The van der Waals surface area contributed by atoms with E-state index in [9.17, 15) is 0 Å². The van der Waals surface area contributed by atoms with Crippen LogP contribution in [0.2, 0.25) is 5.02 Å². The van der Waals surface area contributed by atoms with Gasteiger partial charge >= 0.3 is 0 Å². The summed E-state index contributed by atoms with van der Waals surface area (Å²) in [7, 11) is 0. The molecule has 0 bridgehead atoms. The molecule has 0 saturated heterocycles. The smallest absolute Gasteiger partial charge is 0.0945 e. The number of imidazole rings is 1. The fraction of sp³-hybridized carbons (Fsp3) is 0.286. The van der Waals surface area contributed by atoms with Crippen molar-refractivity contribution in [3.8, 4) is 0 Å². The molecule has 0 radical (unpaired) electrons. The summed E-state index contributed by atoms with van der Waals surface area (Å²) in [6, 6.07) is 19.0. The van der Waals surface area contributed by atoms with Gasteiger partial charge in [0.15, 0.2) is 0 Å². The third kappa shape index (κ3) is 5.24. The van der Waals surface area contributed by atoms with Crippen molar-refractivity contribution < 1.29 is 0 Å². The first-order valence-corrected chi connectivity index (χ1v) is 8.91. The zero-order valence-electron chi connectivity index (χ0n) is 13.8. The van der Waals surface area contributed by atoms with E-state index in [-0.39, 0.29) is 0 Å². The second-order valence-corrected chi connectivity index (χ2v) is 6.75. The molecule has 3 heteroatoms. The summed E-state index contributed by atoms with van der Waals surface area (Å²) in [5, 5.41) is 0.804. The Bertz CT molecular complexity index is 705. The zero-order valence-corrected chi connectivity index (χ0v) is 14.6. The van der Waals surface area contributed by atoms with Crippen LogP contribution in [0.4, 0.5) is 0 Å². The predicted molar refractivity (Wildman–Crippen MR) is 100 cm³/mol. The van der Waals surface area contributed by atoms with Crippen LogP contribution in [0.5, 0.6) is 0 Å². The molecule has 2 nitrogen and oxygen atoms in total. The zero-order chi connectivity index (χ0) is 16.6. The van der Waals surface area contributed by atoms with E-state index in [0.717, 1.165) is 24.4 Å². The molecule has 3 rings (SSSR count). The van der Waals surface area contributed by atoms with Crippen LogP contribution in [0.1, 0.15) is 24.0 Å². The Balaban J connectivity index is 1.59. The van der Waals surface area contributed by atoms with Gasteiger partial charge in [0.1, 0.15) is 0 Å². The van der Waals surface area contributed by atoms with Gasteiger partial charge in [0.05, 0.1) is 6.33 Å². The van der Waals surface area contributed by atoms with Gasteiger partial charge < -0.3 is 4.57 Å². The van der Waals surface area contributed by atoms with Gasteiger partial charge in [-0.25, -0.2) is 4.98 Å². The molecule has 0 aliphatic rings. The summed E-state index contributed by atoms with van der Waals surface area (Å²) < 4.78 is 2.19. The average molecular weight is 339 g/mol. The number of rotatable bonds is 8. The van der Waals surface area contributed by atoms with Gasteiger partial charge in [0, 0.05) is 24.0 Å². The van der Waals surface area contributed by atoms with E-state index in [4.69, 9.17) is 11.6 Å². The summed E-state index contributed by atoms with van der Waals surface area (Å²) in [5.74, 6) is 0.634. The highest BCUT2D eigenvalue weighted by Gasteiger charge is 2.10. The fourth-order valence-corrected chi connectivity index (χ4v) is 3.18. The standard InChI is InChI=1S/C21H23ClN2/c22-21-12-10-19(11-13-21)7-9-20(16-24-15-14-23-17-24)8-6-18-4-2-1-3-5-18/h1-5,10-15,17,20H,6-9,16H2. The first-order valence-electron chi connectivity index (χ1n) is 8.54. The molecule has 0 aliphatic heterocycles. The van der Waals surface area contributed by atoms with Gasteiger partial charge in [-0.3, -0.25) is 0 Å². The van der Waals surface area contributed by atoms with Gasteiger partial charge in [-0.05, 0) is 54.9 Å². The Hall–Kier alpha value is -2.06. The molecule has 0 N–H and O–H groups in total. The van der Waals surface area contributed by atoms with Crippen LogP contribution in [0, 0.1) is 5.92 Å². The molecule has 1 heterocycles. The van der Waals surface area contributed by atoms with Crippen molar-refractivity contribution in [3.63, 3.8) is 0 Å². The number of nitrogens with zero attached hydrogens (tertiary/aromatic N) is 2. The van der Waals surface area contributed by atoms with E-state index < -0.39 is 0 Å². The minimum Gasteiger partial charge on any atom is -0.337 e. The maximum atomic E-state index is 5.98. The highest BCUT2D eigenvalue weighted by atomic mass is 35.5. The van der Waals surface area contributed by atoms with Crippen LogP contribution in [0.3, 0.4) is 0 Å². The first-order chi connectivity index (χ1) is 11.8. The maximum absolute atomic E-state index is 5.98. The van der Waals surface area contributed by atoms with E-state index in [2.05, 4.69) is 58.2 Å². The molecule has 0 saturated carbocycles. The van der Waals surface area contributed by atoms with E-state index in [0.29, 0.717) is 5.92 Å². The van der Waals surface area contributed by atoms with Gasteiger partial charge in [-0.1, -0.05) is 54.1 Å². The summed E-state index contributed by atoms with van der Waals surface area (Å²) in [5.41, 5.74) is 2.77. The largest absolute Gasteiger partial charge is 0.337 e. The molecular weight excluding hydrogens is 316 g/mol. The SMILES string of the molecule is Clc1ccc(CCC(CCc2ccccc2)Cn2ccnc2)cc1. The first kappa shape index (κ1) is 16.8. The Morgan fingerprint density at radius 1 is 0.875 bits per heavy atom. The number of aryl methyl sites for hydroxylation is 2. The van der Waals surface area contributed by atoms with Gasteiger partial charge in [-0.2, -0.15) is 0 Å². The number of hydrogen-bond acceptors (Lipinski definition) is 1. The lowest BCUT2D eigenvalue weighted by Gasteiger charge is -2.18. The second-order valence-electron chi connectivity index (χ2n) is 6.31. The minimum absolute atomic E-state index is 0.634. The maximum Gasteiger partial charge on any atom is 0.0945 e. The number of aromatic nitrogens is 2. The van der Waals surface area contributed by atoms with Crippen LogP contribution in [0.15, 0.2) is 73.3 Å². The van der Waals surface area contributed by atoms with Crippen molar-refractivity contribution in [2.45, 2.75) is 32.2 Å². The molecule has 0 aliphatic carbocycles. The van der Waals surface area contributed by atoms with Crippen LogP contribution in [0.25, 0.3) is 0 Å². The molecule has 1 unspecified atom stereocenters. The molecule has 3 aromatic rings. The molecular formula is C21H23ClN2. The van der Waals surface area contributed by atoms with Crippen LogP contribution in [-0.2, 0) is 19.4 Å². The van der Waals surface area contributed by atoms with Crippen molar-refractivity contribution in [3.05, 3.63) is 89.5 Å². The second kappa shape index (κ2) is 8.70. The minimum atomic E-state index is 0.634. The van der Waals surface area contributed by atoms with Crippen LogP contribution in [-0.4, -0.2) is 9.55 Å². The number of halogens is 1. The van der Waals surface area contributed by atoms with E-state index >= 15 is 0 Å². The third-order valence-electron chi connectivity index (χ3n) is 4.47. The van der Waals surface area contributed by atoms with E-state index in [1.807, 2.05) is 24.7 Å². The Morgan fingerprint density at radius 3 is 2.17 bits per heavy atom. The van der Waals surface area contributed by atoms with Crippen LogP contribution < -0.4 is 0 Å². The lowest BCUT2D eigenvalue weighted by molar-refractivity contribution is 0.388. The topological polar surface area (TPSA) is 17.8 Å². The van der Waals surface area contributed by atoms with Crippen molar-refractivity contribution >= 4 is 11.6 Å². The molecule has 0 amide bonds. The third-order valence-corrected chi connectivity index (χ3v) is 4.72. The predicted octanol–water partition coefficient (Wildman–Crippen LogP) is 5.42. The molecule has 0 spiro atoms. The lowest BCUT2D eigenvalue weighted by atomic mass is 9.93. The van der Waals surface area contributed by atoms with Crippen molar-refractivity contribution in [2.24, 2.45) is 5.92 Å². The molecule has 1 aromatic heterocycles. The molecule has 24 heavy (non-hydrogen) atoms. The fourth-order valence-electron chi connectivity index (χ4n) is 3.06. The van der Waals surface area contributed by atoms with E-state index in [1.165, 1.54) is 24.0 Å². The summed E-state index contributed by atoms with van der Waals surface area (Å²) in [4.78, 5) is 4.17. The lowest BCUT2D eigenvalue weighted by Crippen LogP contribution is -2.12. The highest BCUT2D eigenvalue weighted by molar-refractivity contribution is 6.30. The quantitative estimate of drug-likeness (QED) is 0.536.